The molecule has 0 bridgehead atoms. The molecule has 3 saturated carbocycles. The van der Waals surface area contributed by atoms with Crippen LogP contribution in [0.25, 0.3) is 0 Å². The summed E-state index contributed by atoms with van der Waals surface area (Å²) in [5, 5.41) is 10.7. The molecule has 4 aliphatic carbocycles. The quantitative estimate of drug-likeness (QED) is 0.125. The highest BCUT2D eigenvalue weighted by Gasteiger charge is 2.61. The van der Waals surface area contributed by atoms with Gasteiger partial charge in [0, 0.05) is 24.1 Å². The van der Waals surface area contributed by atoms with E-state index in [4.69, 9.17) is 16.3 Å². The number of esters is 1. The van der Waals surface area contributed by atoms with Gasteiger partial charge < -0.3 is 9.84 Å². The third-order valence-corrected chi connectivity index (χ3v) is 11.9. The Balaban J connectivity index is 1.48. The van der Waals surface area contributed by atoms with E-state index >= 15 is 0 Å². The molecule has 4 heteroatoms. The number of ether oxygens (including phenoxy) is 1. The van der Waals surface area contributed by atoms with Gasteiger partial charge in [-0.2, -0.15) is 0 Å². The molecule has 0 aliphatic heterocycles. The molecule has 4 aliphatic rings. The van der Waals surface area contributed by atoms with Crippen LogP contribution in [0.1, 0.15) is 125 Å². The molecular weight excluding hydrogens is 480 g/mol. The van der Waals surface area contributed by atoms with Crippen molar-refractivity contribution in [2.45, 2.75) is 137 Å². The highest BCUT2D eigenvalue weighted by atomic mass is 35.5. The van der Waals surface area contributed by atoms with Crippen molar-refractivity contribution in [2.75, 3.05) is 5.88 Å². The fraction of sp³-hybridized carbons (Fsp3) is 0.909. The van der Waals surface area contributed by atoms with Crippen LogP contribution in [0.15, 0.2) is 11.6 Å². The smallest absolute Gasteiger partial charge is 0.306 e. The van der Waals surface area contributed by atoms with Gasteiger partial charge in [0.05, 0.1) is 6.10 Å². The third kappa shape index (κ3) is 5.98. The van der Waals surface area contributed by atoms with Crippen LogP contribution in [0.5, 0.6) is 0 Å². The van der Waals surface area contributed by atoms with E-state index in [1.807, 2.05) is 0 Å². The van der Waals surface area contributed by atoms with Gasteiger partial charge >= 0.3 is 5.97 Å². The van der Waals surface area contributed by atoms with Crippen LogP contribution < -0.4 is 0 Å². The van der Waals surface area contributed by atoms with E-state index in [0.717, 1.165) is 55.8 Å². The van der Waals surface area contributed by atoms with Gasteiger partial charge in [0.1, 0.15) is 6.10 Å². The van der Waals surface area contributed by atoms with Crippen molar-refractivity contribution in [3.63, 3.8) is 0 Å². The van der Waals surface area contributed by atoms with Crippen LogP contribution in [-0.4, -0.2) is 29.2 Å². The lowest BCUT2D eigenvalue weighted by atomic mass is 9.46. The Morgan fingerprint density at radius 3 is 2.59 bits per heavy atom. The number of alkyl halides is 1. The molecule has 212 valence electrons. The number of carbonyl (C=O) groups excluding carboxylic acids is 1. The molecule has 3 nitrogen and oxygen atoms in total. The van der Waals surface area contributed by atoms with Gasteiger partial charge in [-0.25, -0.2) is 0 Å². The number of carbonyl (C=O) groups is 1. The molecular formula is C33H55ClO3. The van der Waals surface area contributed by atoms with Crippen molar-refractivity contribution in [2.24, 2.45) is 46.3 Å². The number of fused-ring (bicyclic) bond motifs is 5. The number of hydrogen-bond acceptors (Lipinski definition) is 3. The summed E-state index contributed by atoms with van der Waals surface area (Å²) in [5.41, 5.74) is 1.69. The zero-order valence-electron chi connectivity index (χ0n) is 24.4. The normalized spacial score (nSPS) is 39.9. The zero-order valence-corrected chi connectivity index (χ0v) is 25.2. The van der Waals surface area contributed by atoms with Crippen LogP contribution in [0.4, 0.5) is 0 Å². The number of unbranched alkanes of at least 4 members (excludes halogenated alkanes) is 2. The second-order valence-electron chi connectivity index (χ2n) is 14.2. The van der Waals surface area contributed by atoms with Crippen molar-refractivity contribution < 1.29 is 14.6 Å². The first kappa shape index (κ1) is 29.4. The van der Waals surface area contributed by atoms with Crippen LogP contribution in [-0.2, 0) is 9.53 Å². The first-order chi connectivity index (χ1) is 17.6. The van der Waals surface area contributed by atoms with Crippen LogP contribution in [0, 0.1) is 46.3 Å². The molecule has 4 rings (SSSR count). The number of halogens is 1. The van der Waals surface area contributed by atoms with E-state index in [9.17, 15) is 9.90 Å². The van der Waals surface area contributed by atoms with E-state index in [2.05, 4.69) is 40.7 Å². The summed E-state index contributed by atoms with van der Waals surface area (Å²) in [6.45, 7) is 12.3. The molecule has 0 aromatic rings. The van der Waals surface area contributed by atoms with Gasteiger partial charge in [-0.3, -0.25) is 4.79 Å². The van der Waals surface area contributed by atoms with Crippen LogP contribution >= 0.6 is 11.6 Å². The number of allylic oxidation sites excluding steroid dienone is 1. The standard InChI is InChI=1S/C33H55ClO3/c1-22(2)10-9-11-23(3)27-15-16-28-26-14-13-24-20-25(35)21-30(37-31(36)12-7-6-8-19-34)33(24,5)29(26)17-18-32(27,28)4/h13,22-23,25-30,35H,6-12,14-21H2,1-5H3/t23-,25-,26+,27-,28+,29+,30?,32-,33+/m1/s1. The summed E-state index contributed by atoms with van der Waals surface area (Å²) in [6.07, 6.45) is 17.0. The molecule has 1 N–H and O–H groups in total. The van der Waals surface area contributed by atoms with E-state index in [-0.39, 0.29) is 17.5 Å². The number of rotatable bonds is 11. The average Bonchev–Trinajstić information content (AvgIpc) is 3.20. The number of hydrogen-bond donors (Lipinski definition) is 1. The lowest BCUT2D eigenvalue weighted by molar-refractivity contribution is -0.169. The lowest BCUT2D eigenvalue weighted by Gasteiger charge is -2.60. The highest BCUT2D eigenvalue weighted by Crippen LogP contribution is 2.67. The third-order valence-electron chi connectivity index (χ3n) is 11.6. The summed E-state index contributed by atoms with van der Waals surface area (Å²) in [6, 6.07) is 0. The van der Waals surface area contributed by atoms with Gasteiger partial charge in [0.15, 0.2) is 0 Å². The average molecular weight is 535 g/mol. The Hall–Kier alpha value is -0.540. The molecule has 0 amide bonds. The predicted octanol–water partition coefficient (Wildman–Crippen LogP) is 8.71. The van der Waals surface area contributed by atoms with E-state index in [1.165, 1.54) is 50.5 Å². The summed E-state index contributed by atoms with van der Waals surface area (Å²) in [4.78, 5) is 12.9. The fourth-order valence-electron chi connectivity index (χ4n) is 9.63. The van der Waals surface area contributed by atoms with Crippen molar-refractivity contribution in [1.82, 2.24) is 0 Å². The molecule has 37 heavy (non-hydrogen) atoms. The minimum Gasteiger partial charge on any atom is -0.461 e. The second-order valence-corrected chi connectivity index (χ2v) is 14.6. The Labute approximate surface area is 232 Å². The van der Waals surface area contributed by atoms with E-state index in [1.54, 1.807) is 0 Å². The number of aliphatic hydroxyl groups is 1. The maximum Gasteiger partial charge on any atom is 0.306 e. The van der Waals surface area contributed by atoms with E-state index in [0.29, 0.717) is 36.0 Å². The summed E-state index contributed by atoms with van der Waals surface area (Å²) in [5.74, 6) is 5.04. The Bertz CT molecular complexity index is 807. The SMILES string of the molecule is CC(C)CCC[C@@H](C)[C@H]1CC[C@H]2[C@@H]3CC=C4C[C@@H](O)CC(OC(=O)CCCCCCl)[C@]4(C)[C@H]3CC[C@]12C. The summed E-state index contributed by atoms with van der Waals surface area (Å²) in [7, 11) is 0. The Morgan fingerprint density at radius 1 is 1.08 bits per heavy atom. The van der Waals surface area contributed by atoms with Crippen LogP contribution in [0.3, 0.4) is 0 Å². The minimum atomic E-state index is -0.402. The largest absolute Gasteiger partial charge is 0.461 e. The first-order valence-electron chi connectivity index (χ1n) is 15.7. The molecule has 0 aromatic heterocycles. The molecule has 0 heterocycles. The molecule has 9 atom stereocenters. The first-order valence-corrected chi connectivity index (χ1v) is 16.3. The van der Waals surface area contributed by atoms with E-state index < -0.39 is 6.10 Å². The van der Waals surface area contributed by atoms with Gasteiger partial charge in [0.25, 0.3) is 0 Å². The number of aliphatic hydroxyl groups excluding tert-OH is 1. The maximum atomic E-state index is 12.9. The summed E-state index contributed by atoms with van der Waals surface area (Å²) >= 11 is 5.81. The molecule has 0 saturated heterocycles. The van der Waals surface area contributed by atoms with Crippen molar-refractivity contribution in [3.8, 4) is 0 Å². The van der Waals surface area contributed by atoms with Crippen LogP contribution in [0.2, 0.25) is 0 Å². The molecule has 1 unspecified atom stereocenters. The second kappa shape index (κ2) is 12.3. The Kier molecular flexibility index (Phi) is 9.80. The molecule has 3 fully saturated rings. The molecule has 0 spiro atoms. The van der Waals surface area contributed by atoms with Crippen molar-refractivity contribution in [3.05, 3.63) is 11.6 Å². The minimum absolute atomic E-state index is 0.0897. The molecule has 0 aromatic carbocycles. The lowest BCUT2D eigenvalue weighted by Crippen LogP contribution is -2.56. The topological polar surface area (TPSA) is 46.5 Å². The van der Waals surface area contributed by atoms with Gasteiger partial charge in [-0.05, 0) is 92.3 Å². The van der Waals surface area contributed by atoms with Gasteiger partial charge in [-0.15, -0.1) is 11.6 Å². The Morgan fingerprint density at radius 2 is 1.86 bits per heavy atom. The maximum absolute atomic E-state index is 12.9. The summed E-state index contributed by atoms with van der Waals surface area (Å²) < 4.78 is 6.25. The zero-order chi connectivity index (χ0) is 26.8. The highest BCUT2D eigenvalue weighted by molar-refractivity contribution is 6.17. The van der Waals surface area contributed by atoms with Gasteiger partial charge in [-0.1, -0.05) is 72.0 Å². The van der Waals surface area contributed by atoms with Crippen molar-refractivity contribution in [1.29, 1.82) is 0 Å². The fourth-order valence-corrected chi connectivity index (χ4v) is 9.82. The van der Waals surface area contributed by atoms with Gasteiger partial charge in [0.2, 0.25) is 0 Å². The molecule has 0 radical (unpaired) electrons. The monoisotopic (exact) mass is 534 g/mol. The van der Waals surface area contributed by atoms with Crippen molar-refractivity contribution >= 4 is 17.6 Å². The predicted molar refractivity (Wildman–Crippen MR) is 154 cm³/mol.